The molecular weight excluding hydrogens is 330 g/mol. The first-order valence-electron chi connectivity index (χ1n) is 6.59. The van der Waals surface area contributed by atoms with Gasteiger partial charge in [-0.05, 0) is 12.1 Å². The number of nitrogens with zero attached hydrogens (tertiary/aromatic N) is 1. The van der Waals surface area contributed by atoms with E-state index in [-0.39, 0.29) is 35.7 Å². The van der Waals surface area contributed by atoms with Crippen molar-refractivity contribution in [2.24, 2.45) is 5.92 Å². The highest BCUT2D eigenvalue weighted by molar-refractivity contribution is 8.00. The third-order valence-electron chi connectivity index (χ3n) is 3.28. The molecule has 3 N–H and O–H groups in total. The van der Waals surface area contributed by atoms with Crippen LogP contribution < -0.4 is 10.6 Å². The Kier molecular flexibility index (Phi) is 7.60. The van der Waals surface area contributed by atoms with Gasteiger partial charge in [-0.2, -0.15) is 0 Å². The maximum atomic E-state index is 11.7. The first-order valence-corrected chi connectivity index (χ1v) is 7.57. The minimum atomic E-state index is -0.456. The van der Waals surface area contributed by atoms with Crippen LogP contribution in [0, 0.1) is 16.0 Å². The molecule has 1 aliphatic rings. The molecule has 0 saturated carbocycles. The van der Waals surface area contributed by atoms with Crippen molar-refractivity contribution in [3.8, 4) is 0 Å². The first kappa shape index (κ1) is 18.7. The van der Waals surface area contributed by atoms with Gasteiger partial charge in [0.2, 0.25) is 5.91 Å². The van der Waals surface area contributed by atoms with Gasteiger partial charge in [0.05, 0.1) is 16.8 Å². The first-order chi connectivity index (χ1) is 10.1. The largest absolute Gasteiger partial charge is 0.391 e. The molecule has 0 aromatic heterocycles. The Balaban J connectivity index is 0.00000242. The average molecular weight is 348 g/mol. The average Bonchev–Trinajstić information content (AvgIpc) is 2.88. The second-order valence-electron chi connectivity index (χ2n) is 4.83. The summed E-state index contributed by atoms with van der Waals surface area (Å²) < 4.78 is 0. The van der Waals surface area contributed by atoms with Gasteiger partial charge in [-0.1, -0.05) is 0 Å². The number of nitrogens with one attached hydrogen (secondary N) is 2. The van der Waals surface area contributed by atoms with Gasteiger partial charge in [-0.3, -0.25) is 14.9 Å². The van der Waals surface area contributed by atoms with Crippen molar-refractivity contribution in [3.05, 3.63) is 34.4 Å². The van der Waals surface area contributed by atoms with E-state index in [0.29, 0.717) is 19.6 Å². The van der Waals surface area contributed by atoms with Crippen molar-refractivity contribution in [1.82, 2.24) is 10.6 Å². The summed E-state index contributed by atoms with van der Waals surface area (Å²) >= 11 is 1.32. The van der Waals surface area contributed by atoms with Gasteiger partial charge in [0.25, 0.3) is 5.69 Å². The van der Waals surface area contributed by atoms with E-state index in [1.54, 1.807) is 12.1 Å². The number of nitro groups is 1. The van der Waals surface area contributed by atoms with E-state index in [4.69, 9.17) is 0 Å². The van der Waals surface area contributed by atoms with E-state index in [9.17, 15) is 20.0 Å². The van der Waals surface area contributed by atoms with Gasteiger partial charge in [0.1, 0.15) is 0 Å². The predicted molar refractivity (Wildman–Crippen MR) is 86.4 cm³/mol. The molecule has 0 spiro atoms. The SMILES string of the molecule is Cl.O=C(CSc1ccc([N+](=O)[O-])cc1)NCC1CNCC1O. The molecule has 0 radical (unpaired) electrons. The fraction of sp³-hybridized carbons (Fsp3) is 0.462. The van der Waals surface area contributed by atoms with Crippen molar-refractivity contribution >= 4 is 35.8 Å². The van der Waals surface area contributed by atoms with Crippen molar-refractivity contribution < 1.29 is 14.8 Å². The van der Waals surface area contributed by atoms with E-state index >= 15 is 0 Å². The smallest absolute Gasteiger partial charge is 0.269 e. The lowest BCUT2D eigenvalue weighted by atomic mass is 10.1. The highest BCUT2D eigenvalue weighted by Crippen LogP contribution is 2.21. The summed E-state index contributed by atoms with van der Waals surface area (Å²) in [5.74, 6) is 0.185. The summed E-state index contributed by atoms with van der Waals surface area (Å²) in [4.78, 5) is 22.6. The van der Waals surface area contributed by atoms with Crippen LogP contribution in [0.1, 0.15) is 0 Å². The Morgan fingerprint density at radius 2 is 2.09 bits per heavy atom. The fourth-order valence-electron chi connectivity index (χ4n) is 2.04. The van der Waals surface area contributed by atoms with Crippen molar-refractivity contribution in [1.29, 1.82) is 0 Å². The molecule has 22 heavy (non-hydrogen) atoms. The Labute approximate surface area is 138 Å². The summed E-state index contributed by atoms with van der Waals surface area (Å²) in [6.45, 7) is 1.73. The number of carbonyl (C=O) groups excluding carboxylic acids is 1. The zero-order valence-corrected chi connectivity index (χ0v) is 13.4. The van der Waals surface area contributed by atoms with Crippen LogP contribution in [0.5, 0.6) is 0 Å². The van der Waals surface area contributed by atoms with Crippen LogP contribution in [-0.2, 0) is 4.79 Å². The number of non-ortho nitro benzene ring substituents is 1. The maximum absolute atomic E-state index is 11.7. The molecule has 9 heteroatoms. The third-order valence-corrected chi connectivity index (χ3v) is 4.30. The molecule has 0 bridgehead atoms. The number of nitro benzene ring substituents is 1. The fourth-order valence-corrected chi connectivity index (χ4v) is 2.76. The Morgan fingerprint density at radius 1 is 1.41 bits per heavy atom. The highest BCUT2D eigenvalue weighted by atomic mass is 35.5. The molecule has 1 amide bonds. The van der Waals surface area contributed by atoms with Crippen molar-refractivity contribution in [2.45, 2.75) is 11.0 Å². The molecule has 122 valence electrons. The maximum Gasteiger partial charge on any atom is 0.269 e. The zero-order valence-electron chi connectivity index (χ0n) is 11.7. The number of benzene rings is 1. The van der Waals surface area contributed by atoms with Gasteiger partial charge in [-0.15, -0.1) is 24.2 Å². The van der Waals surface area contributed by atoms with Gasteiger partial charge in [0.15, 0.2) is 0 Å². The molecule has 1 aromatic rings. The molecule has 7 nitrogen and oxygen atoms in total. The lowest BCUT2D eigenvalue weighted by Gasteiger charge is -2.13. The number of amides is 1. The monoisotopic (exact) mass is 347 g/mol. The van der Waals surface area contributed by atoms with E-state index in [0.717, 1.165) is 4.90 Å². The molecule has 2 atom stereocenters. The second-order valence-corrected chi connectivity index (χ2v) is 5.88. The van der Waals surface area contributed by atoms with Crippen LogP contribution in [-0.4, -0.2) is 47.4 Å². The number of β-amino-alcohol motifs (C(OH)–C–C–N with tert-alkyl or cyclic N) is 1. The van der Waals surface area contributed by atoms with Crippen molar-refractivity contribution in [3.63, 3.8) is 0 Å². The topological polar surface area (TPSA) is 104 Å². The van der Waals surface area contributed by atoms with E-state index in [1.807, 2.05) is 0 Å². The van der Waals surface area contributed by atoms with Crippen LogP contribution in [0.25, 0.3) is 0 Å². The molecule has 0 aliphatic carbocycles. The predicted octanol–water partition coefficient (Wildman–Crippen LogP) is 0.805. The summed E-state index contributed by atoms with van der Waals surface area (Å²) in [5.41, 5.74) is 0.0338. The van der Waals surface area contributed by atoms with Crippen LogP contribution in [0.2, 0.25) is 0 Å². The Bertz CT molecular complexity index is 515. The number of aliphatic hydroxyl groups is 1. The molecule has 1 aliphatic heterocycles. The zero-order chi connectivity index (χ0) is 15.2. The third kappa shape index (κ3) is 5.45. The van der Waals surface area contributed by atoms with Crippen molar-refractivity contribution in [2.75, 3.05) is 25.4 Å². The Morgan fingerprint density at radius 3 is 2.64 bits per heavy atom. The summed E-state index contributed by atoms with van der Waals surface area (Å²) in [5, 5.41) is 26.0. The van der Waals surface area contributed by atoms with E-state index in [2.05, 4.69) is 10.6 Å². The van der Waals surface area contributed by atoms with E-state index < -0.39 is 11.0 Å². The van der Waals surface area contributed by atoms with Crippen LogP contribution >= 0.6 is 24.2 Å². The molecular formula is C13H18ClN3O4S. The summed E-state index contributed by atoms with van der Waals surface area (Å²) in [6, 6.07) is 6.09. The van der Waals surface area contributed by atoms with Gasteiger partial charge < -0.3 is 15.7 Å². The molecule has 2 rings (SSSR count). The van der Waals surface area contributed by atoms with Crippen LogP contribution in [0.3, 0.4) is 0 Å². The number of hydrogen-bond acceptors (Lipinski definition) is 6. The van der Waals surface area contributed by atoms with Gasteiger partial charge in [-0.25, -0.2) is 0 Å². The number of halogens is 1. The van der Waals surface area contributed by atoms with Crippen LogP contribution in [0.4, 0.5) is 5.69 Å². The molecule has 1 saturated heterocycles. The lowest BCUT2D eigenvalue weighted by Crippen LogP contribution is -2.35. The quantitative estimate of drug-likeness (QED) is 0.399. The highest BCUT2D eigenvalue weighted by Gasteiger charge is 2.24. The minimum Gasteiger partial charge on any atom is -0.391 e. The number of thioether (sulfide) groups is 1. The van der Waals surface area contributed by atoms with Gasteiger partial charge >= 0.3 is 0 Å². The molecule has 1 heterocycles. The second kappa shape index (κ2) is 8.94. The number of hydrogen-bond donors (Lipinski definition) is 3. The normalized spacial score (nSPS) is 20.2. The minimum absolute atomic E-state index is 0. The summed E-state index contributed by atoms with van der Waals surface area (Å²) in [6.07, 6.45) is -0.410. The number of rotatable bonds is 6. The molecule has 1 aromatic carbocycles. The van der Waals surface area contributed by atoms with E-state index in [1.165, 1.54) is 23.9 Å². The summed E-state index contributed by atoms with van der Waals surface area (Å²) in [7, 11) is 0. The Hall–Kier alpha value is -1.35. The van der Waals surface area contributed by atoms with Gasteiger partial charge in [0, 0.05) is 42.6 Å². The number of carbonyl (C=O) groups is 1. The molecule has 1 fully saturated rings. The molecule has 2 unspecified atom stereocenters. The standard InChI is InChI=1S/C13H17N3O4S.ClH/c17-12-7-14-5-9(12)6-15-13(18)8-21-11-3-1-10(2-4-11)16(19)20;/h1-4,9,12,14,17H,5-8H2,(H,15,18);1H. The lowest BCUT2D eigenvalue weighted by molar-refractivity contribution is -0.384. The van der Waals surface area contributed by atoms with Crippen LogP contribution in [0.15, 0.2) is 29.2 Å². The number of aliphatic hydroxyl groups excluding tert-OH is 1.